The molecule has 0 aliphatic rings. The van der Waals surface area contributed by atoms with Crippen LogP contribution in [-0.2, 0) is 11.2 Å². The average Bonchev–Trinajstić information content (AvgIpc) is 2.81. The Morgan fingerprint density at radius 3 is 2.79 bits per heavy atom. The molecular weight excluding hydrogens is 282 g/mol. The molecule has 3 nitrogen and oxygen atoms in total. The zero-order chi connectivity index (χ0) is 13.5. The van der Waals surface area contributed by atoms with Gasteiger partial charge < -0.3 is 4.74 Å². The van der Waals surface area contributed by atoms with E-state index < -0.39 is 0 Å². The average molecular weight is 296 g/mol. The van der Waals surface area contributed by atoms with Crippen molar-refractivity contribution in [1.29, 1.82) is 0 Å². The first-order valence-electron chi connectivity index (χ1n) is 6.04. The highest BCUT2D eigenvalue weighted by Crippen LogP contribution is 2.19. The maximum atomic E-state index is 11.7. The van der Waals surface area contributed by atoms with Gasteiger partial charge in [0.15, 0.2) is 0 Å². The topological polar surface area (TPSA) is 39.2 Å². The van der Waals surface area contributed by atoms with Gasteiger partial charge in [0.25, 0.3) is 0 Å². The minimum Gasteiger partial charge on any atom is -0.494 e. The monoisotopic (exact) mass is 295 g/mol. The van der Waals surface area contributed by atoms with Gasteiger partial charge in [-0.05, 0) is 18.6 Å². The van der Waals surface area contributed by atoms with Crippen molar-refractivity contribution in [3.63, 3.8) is 0 Å². The van der Waals surface area contributed by atoms with Crippen molar-refractivity contribution < 1.29 is 9.53 Å². The van der Waals surface area contributed by atoms with Crippen LogP contribution in [0.4, 0.5) is 0 Å². The molecule has 0 radical (unpaired) electrons. The summed E-state index contributed by atoms with van der Waals surface area (Å²) < 4.78 is 6.14. The summed E-state index contributed by atoms with van der Waals surface area (Å²) in [6.07, 6.45) is 3.16. The molecule has 0 amide bonds. The lowest BCUT2D eigenvalue weighted by atomic mass is 10.2. The number of carbonyl (C=O) groups excluding carboxylic acids is 1. The van der Waals surface area contributed by atoms with Crippen LogP contribution in [0.25, 0.3) is 0 Å². The molecule has 0 N–H and O–H groups in total. The lowest BCUT2D eigenvalue weighted by Gasteiger charge is -2.04. The molecule has 1 aromatic carbocycles. The molecule has 0 saturated heterocycles. The van der Waals surface area contributed by atoms with Crippen molar-refractivity contribution in [2.24, 2.45) is 0 Å². The summed E-state index contributed by atoms with van der Waals surface area (Å²) in [4.78, 5) is 15.8. The van der Waals surface area contributed by atoms with Crippen LogP contribution in [0.1, 0.15) is 17.8 Å². The Labute approximate surface area is 121 Å². The Hall–Kier alpha value is -1.39. The molecule has 0 aliphatic heterocycles. The molecule has 100 valence electrons. The van der Waals surface area contributed by atoms with Crippen molar-refractivity contribution in [2.45, 2.75) is 19.3 Å². The molecule has 19 heavy (non-hydrogen) atoms. The van der Waals surface area contributed by atoms with Crippen LogP contribution < -0.4 is 4.74 Å². The molecular formula is C14H14ClNO2S. The van der Waals surface area contributed by atoms with Crippen LogP contribution in [0.15, 0.2) is 36.5 Å². The second-order valence-electron chi connectivity index (χ2n) is 4.04. The summed E-state index contributed by atoms with van der Waals surface area (Å²) in [6.45, 7) is 0.550. The predicted octanol–water partition coefficient (Wildman–Crippen LogP) is 3.77. The summed E-state index contributed by atoms with van der Waals surface area (Å²) >= 11 is 7.12. The standard InChI is InChI=1S/C14H14ClNO2S/c15-13-10-16-14(19-13)9-11(17)5-4-8-18-12-6-2-1-3-7-12/h1-3,6-7,10H,4-5,8-9H2. The minimum atomic E-state index is 0.169. The van der Waals surface area contributed by atoms with Gasteiger partial charge in [0, 0.05) is 6.42 Å². The quantitative estimate of drug-likeness (QED) is 0.730. The molecule has 0 spiro atoms. The van der Waals surface area contributed by atoms with Gasteiger partial charge in [0.1, 0.15) is 20.9 Å². The maximum absolute atomic E-state index is 11.7. The van der Waals surface area contributed by atoms with Gasteiger partial charge in [-0.25, -0.2) is 4.98 Å². The van der Waals surface area contributed by atoms with Crippen LogP contribution in [0.2, 0.25) is 4.34 Å². The largest absolute Gasteiger partial charge is 0.494 e. The van der Waals surface area contributed by atoms with E-state index in [1.165, 1.54) is 11.3 Å². The van der Waals surface area contributed by atoms with Gasteiger partial charge >= 0.3 is 0 Å². The van der Waals surface area contributed by atoms with E-state index in [2.05, 4.69) is 4.98 Å². The highest BCUT2D eigenvalue weighted by molar-refractivity contribution is 7.15. The third-order valence-electron chi connectivity index (χ3n) is 2.49. The van der Waals surface area contributed by atoms with Crippen molar-refractivity contribution in [2.75, 3.05) is 6.61 Å². The number of rotatable bonds is 7. The van der Waals surface area contributed by atoms with Gasteiger partial charge in [-0.1, -0.05) is 29.8 Å². The van der Waals surface area contributed by atoms with Gasteiger partial charge in [-0.3, -0.25) is 4.79 Å². The Kier molecular flexibility index (Phi) is 5.36. The van der Waals surface area contributed by atoms with E-state index in [1.54, 1.807) is 6.20 Å². The van der Waals surface area contributed by atoms with E-state index in [-0.39, 0.29) is 5.78 Å². The first-order valence-corrected chi connectivity index (χ1v) is 7.23. The third-order valence-corrected chi connectivity index (χ3v) is 3.60. The Balaban J connectivity index is 1.64. The highest BCUT2D eigenvalue weighted by atomic mass is 35.5. The SMILES string of the molecule is O=C(CCCOc1ccccc1)Cc1ncc(Cl)s1. The Bertz CT molecular complexity index is 527. The lowest BCUT2D eigenvalue weighted by Crippen LogP contribution is -2.05. The minimum absolute atomic E-state index is 0.169. The zero-order valence-electron chi connectivity index (χ0n) is 10.3. The van der Waals surface area contributed by atoms with Crippen LogP contribution in [0.5, 0.6) is 5.75 Å². The zero-order valence-corrected chi connectivity index (χ0v) is 11.9. The van der Waals surface area contributed by atoms with E-state index >= 15 is 0 Å². The van der Waals surface area contributed by atoms with Gasteiger partial charge in [-0.15, -0.1) is 11.3 Å². The molecule has 0 bridgehead atoms. The number of thiazole rings is 1. The summed E-state index contributed by atoms with van der Waals surface area (Å²) in [5.41, 5.74) is 0. The number of hydrogen-bond acceptors (Lipinski definition) is 4. The molecule has 2 aromatic rings. The van der Waals surface area contributed by atoms with Crippen molar-refractivity contribution in [1.82, 2.24) is 4.98 Å². The lowest BCUT2D eigenvalue weighted by molar-refractivity contribution is -0.118. The third kappa shape index (κ3) is 5.01. The maximum Gasteiger partial charge on any atom is 0.139 e. The van der Waals surface area contributed by atoms with Crippen LogP contribution in [0.3, 0.4) is 0 Å². The molecule has 2 rings (SSSR count). The van der Waals surface area contributed by atoms with E-state index in [9.17, 15) is 4.79 Å². The first-order chi connectivity index (χ1) is 9.24. The number of hydrogen-bond donors (Lipinski definition) is 0. The van der Waals surface area contributed by atoms with Gasteiger partial charge in [0.05, 0.1) is 19.2 Å². The highest BCUT2D eigenvalue weighted by Gasteiger charge is 2.07. The number of ketones is 1. The van der Waals surface area contributed by atoms with Crippen molar-refractivity contribution in [3.8, 4) is 5.75 Å². The number of nitrogens with zero attached hydrogens (tertiary/aromatic N) is 1. The predicted molar refractivity (Wildman–Crippen MR) is 77.0 cm³/mol. The fourth-order valence-electron chi connectivity index (χ4n) is 1.60. The number of para-hydroxylation sites is 1. The molecule has 0 aliphatic carbocycles. The molecule has 0 fully saturated rings. The number of ether oxygens (including phenoxy) is 1. The molecule has 0 atom stereocenters. The molecule has 5 heteroatoms. The fourth-order valence-corrected chi connectivity index (χ4v) is 2.59. The smallest absolute Gasteiger partial charge is 0.139 e. The van der Waals surface area contributed by atoms with E-state index in [0.717, 1.165) is 10.8 Å². The van der Waals surface area contributed by atoms with Crippen LogP contribution in [-0.4, -0.2) is 17.4 Å². The number of carbonyl (C=O) groups is 1. The summed E-state index contributed by atoms with van der Waals surface area (Å²) in [7, 11) is 0. The van der Waals surface area contributed by atoms with Gasteiger partial charge in [0.2, 0.25) is 0 Å². The molecule has 0 saturated carbocycles. The number of Topliss-reactive ketones (excluding diaryl/α,β-unsaturated/α-hetero) is 1. The first kappa shape index (κ1) is 14.0. The number of aromatic nitrogens is 1. The van der Waals surface area contributed by atoms with E-state index in [1.807, 2.05) is 30.3 Å². The van der Waals surface area contributed by atoms with Crippen molar-refractivity contribution >= 4 is 28.7 Å². The fraction of sp³-hybridized carbons (Fsp3) is 0.286. The summed E-state index contributed by atoms with van der Waals surface area (Å²) in [5.74, 6) is 1.00. The second kappa shape index (κ2) is 7.26. The molecule has 1 aromatic heterocycles. The second-order valence-corrected chi connectivity index (χ2v) is 5.79. The molecule has 1 heterocycles. The van der Waals surface area contributed by atoms with Crippen molar-refractivity contribution in [3.05, 3.63) is 45.9 Å². The van der Waals surface area contributed by atoms with E-state index in [4.69, 9.17) is 16.3 Å². The van der Waals surface area contributed by atoms with E-state index in [0.29, 0.717) is 30.2 Å². The Morgan fingerprint density at radius 1 is 1.32 bits per heavy atom. The van der Waals surface area contributed by atoms with Gasteiger partial charge in [-0.2, -0.15) is 0 Å². The number of benzene rings is 1. The summed E-state index contributed by atoms with van der Waals surface area (Å²) in [5, 5.41) is 0.777. The van der Waals surface area contributed by atoms with Crippen LogP contribution >= 0.6 is 22.9 Å². The molecule has 0 unspecified atom stereocenters. The normalized spacial score (nSPS) is 10.4. The summed E-state index contributed by atoms with van der Waals surface area (Å²) in [6, 6.07) is 9.59. The number of halogens is 1. The Morgan fingerprint density at radius 2 is 2.11 bits per heavy atom. The van der Waals surface area contributed by atoms with Crippen LogP contribution in [0, 0.1) is 0 Å².